The molecule has 0 unspecified atom stereocenters. The Balaban J connectivity index is 1.86. The Kier molecular flexibility index (Phi) is 5.20. The smallest absolute Gasteiger partial charge is 0.329 e. The van der Waals surface area contributed by atoms with Crippen molar-refractivity contribution in [2.24, 2.45) is 4.99 Å². The van der Waals surface area contributed by atoms with Crippen molar-refractivity contribution in [3.8, 4) is 10.7 Å². The third-order valence-electron chi connectivity index (χ3n) is 4.95. The van der Waals surface area contributed by atoms with Gasteiger partial charge in [0, 0.05) is 36.0 Å². The highest BCUT2D eigenvalue weighted by Gasteiger charge is 2.31. The van der Waals surface area contributed by atoms with Crippen LogP contribution in [0.25, 0.3) is 21.6 Å². The molecule has 0 amide bonds. The van der Waals surface area contributed by atoms with Gasteiger partial charge in [-0.05, 0) is 32.2 Å². The zero-order valence-electron chi connectivity index (χ0n) is 16.0. The minimum Gasteiger partial charge on any atom is -0.329 e. The monoisotopic (exact) mass is 424 g/mol. The molecule has 1 aromatic carbocycles. The lowest BCUT2D eigenvalue weighted by Crippen LogP contribution is -2.39. The number of thiazole rings is 1. The van der Waals surface area contributed by atoms with Crippen LogP contribution in [-0.2, 0) is 6.54 Å². The van der Waals surface area contributed by atoms with Crippen molar-refractivity contribution in [3.63, 3.8) is 0 Å². The topological polar surface area (TPSA) is 33.4 Å². The molecule has 3 aromatic rings. The number of halogens is 4. The average Bonchev–Trinajstić information content (AvgIpc) is 3.21. The van der Waals surface area contributed by atoms with Crippen molar-refractivity contribution < 1.29 is 17.6 Å². The fraction of sp³-hybridized carbons (Fsp3) is 0.400. The van der Waals surface area contributed by atoms with Gasteiger partial charge in [0.05, 0.1) is 22.6 Å². The molecule has 1 aliphatic heterocycles. The van der Waals surface area contributed by atoms with Gasteiger partial charge in [-0.15, -0.1) is 11.3 Å². The van der Waals surface area contributed by atoms with Gasteiger partial charge < -0.3 is 9.47 Å². The van der Waals surface area contributed by atoms with Crippen molar-refractivity contribution in [2.45, 2.75) is 32.2 Å². The number of fused-ring (bicyclic) bond motifs is 1. The summed E-state index contributed by atoms with van der Waals surface area (Å²) in [5, 5.41) is 2.89. The van der Waals surface area contributed by atoms with Gasteiger partial charge in [-0.2, -0.15) is 13.2 Å². The Bertz CT molecular complexity index is 1070. The molecular formula is C20H20F4N4S. The number of hydrogen-bond donors (Lipinski definition) is 0. The summed E-state index contributed by atoms with van der Waals surface area (Å²) in [4.78, 5) is 10.8. The SMILES string of the molecule is Cc1csc(-c2cc3c(/N=C4\CCN(C)C[C@@H]4F)cccc3n2CC(F)(F)F)n1. The molecule has 0 radical (unpaired) electrons. The third kappa shape index (κ3) is 4.20. The van der Waals surface area contributed by atoms with Gasteiger partial charge in [0.15, 0.2) is 6.17 Å². The zero-order valence-corrected chi connectivity index (χ0v) is 16.8. The Morgan fingerprint density at radius 1 is 1.31 bits per heavy atom. The van der Waals surface area contributed by atoms with E-state index in [-0.39, 0.29) is 6.54 Å². The maximum Gasteiger partial charge on any atom is 0.406 e. The van der Waals surface area contributed by atoms with Crippen LogP contribution < -0.4 is 0 Å². The maximum absolute atomic E-state index is 14.4. The van der Waals surface area contributed by atoms with E-state index in [1.807, 2.05) is 11.9 Å². The molecule has 29 heavy (non-hydrogen) atoms. The van der Waals surface area contributed by atoms with Gasteiger partial charge in [0.2, 0.25) is 0 Å². The van der Waals surface area contributed by atoms with E-state index in [0.29, 0.717) is 46.0 Å². The largest absolute Gasteiger partial charge is 0.406 e. The first-order chi connectivity index (χ1) is 13.7. The van der Waals surface area contributed by atoms with Gasteiger partial charge in [-0.25, -0.2) is 9.37 Å². The molecule has 0 saturated carbocycles. The standard InChI is InChI=1S/C20H20F4N4S/c1-12-10-29-19(25-12)18-8-13-15(26-16-6-7-27(2)9-14(16)21)4-3-5-17(13)28(18)11-20(22,23)24/h3-5,8,10,14H,6-7,9,11H2,1-2H3/b26-16+/t14-/m0/s1. The summed E-state index contributed by atoms with van der Waals surface area (Å²) < 4.78 is 55.5. The summed E-state index contributed by atoms with van der Waals surface area (Å²) in [5.41, 5.74) is 2.48. The van der Waals surface area contributed by atoms with Crippen molar-refractivity contribution in [1.29, 1.82) is 0 Å². The molecule has 154 valence electrons. The molecule has 1 atom stereocenters. The first-order valence-electron chi connectivity index (χ1n) is 9.23. The lowest BCUT2D eigenvalue weighted by Gasteiger charge is -2.26. The van der Waals surface area contributed by atoms with Gasteiger partial charge in [-0.3, -0.25) is 4.99 Å². The molecule has 9 heteroatoms. The fourth-order valence-corrected chi connectivity index (χ4v) is 4.40. The minimum atomic E-state index is -4.38. The number of aromatic nitrogens is 2. The second-order valence-corrected chi connectivity index (χ2v) is 8.18. The van der Waals surface area contributed by atoms with Crippen LogP contribution in [0.15, 0.2) is 34.6 Å². The molecule has 1 saturated heterocycles. The van der Waals surface area contributed by atoms with E-state index >= 15 is 0 Å². The molecule has 0 bridgehead atoms. The first kappa shape index (κ1) is 20.0. The van der Waals surface area contributed by atoms with E-state index in [0.717, 1.165) is 5.69 Å². The van der Waals surface area contributed by atoms with Gasteiger partial charge in [-0.1, -0.05) is 6.07 Å². The van der Waals surface area contributed by atoms with Crippen LogP contribution in [-0.4, -0.2) is 52.6 Å². The van der Waals surface area contributed by atoms with E-state index in [1.54, 1.807) is 36.6 Å². The number of hydrogen-bond acceptors (Lipinski definition) is 4. The number of aliphatic imine (C=N–C) groups is 1. The molecular weight excluding hydrogens is 404 g/mol. The van der Waals surface area contributed by atoms with Crippen molar-refractivity contribution >= 4 is 33.6 Å². The number of nitrogens with zero attached hydrogens (tertiary/aromatic N) is 4. The second kappa shape index (κ2) is 7.53. The van der Waals surface area contributed by atoms with Crippen LogP contribution >= 0.6 is 11.3 Å². The first-order valence-corrected chi connectivity index (χ1v) is 10.1. The van der Waals surface area contributed by atoms with Gasteiger partial charge in [0.1, 0.15) is 11.6 Å². The lowest BCUT2D eigenvalue weighted by atomic mass is 10.1. The highest BCUT2D eigenvalue weighted by atomic mass is 32.1. The number of piperidine rings is 1. The molecule has 4 nitrogen and oxygen atoms in total. The maximum atomic E-state index is 14.4. The highest BCUT2D eigenvalue weighted by Crippen LogP contribution is 2.37. The average molecular weight is 424 g/mol. The molecule has 2 aromatic heterocycles. The highest BCUT2D eigenvalue weighted by molar-refractivity contribution is 7.13. The molecule has 1 aliphatic rings. The normalized spacial score (nSPS) is 20.1. The molecule has 0 aliphatic carbocycles. The molecule has 1 fully saturated rings. The number of rotatable bonds is 3. The van der Waals surface area contributed by atoms with E-state index in [1.165, 1.54) is 15.9 Å². The van der Waals surface area contributed by atoms with Crippen molar-refractivity contribution in [2.75, 3.05) is 20.1 Å². The van der Waals surface area contributed by atoms with E-state index < -0.39 is 18.9 Å². The van der Waals surface area contributed by atoms with Crippen LogP contribution in [0, 0.1) is 6.92 Å². The summed E-state index contributed by atoms with van der Waals surface area (Å²) >= 11 is 1.30. The predicted molar refractivity (Wildman–Crippen MR) is 108 cm³/mol. The van der Waals surface area contributed by atoms with Crippen LogP contribution in [0.2, 0.25) is 0 Å². The van der Waals surface area contributed by atoms with E-state index in [9.17, 15) is 17.6 Å². The van der Waals surface area contributed by atoms with Crippen molar-refractivity contribution in [3.05, 3.63) is 35.3 Å². The zero-order chi connectivity index (χ0) is 20.8. The van der Waals surface area contributed by atoms with E-state index in [2.05, 4.69) is 9.98 Å². The minimum absolute atomic E-state index is 0.271. The third-order valence-corrected chi connectivity index (χ3v) is 5.93. The number of aryl methyl sites for hydroxylation is 1. The van der Waals surface area contributed by atoms with Crippen LogP contribution in [0.4, 0.5) is 23.2 Å². The molecule has 3 heterocycles. The van der Waals surface area contributed by atoms with E-state index in [4.69, 9.17) is 0 Å². The second-order valence-electron chi connectivity index (χ2n) is 7.32. The fourth-order valence-electron chi connectivity index (χ4n) is 3.58. The summed E-state index contributed by atoms with van der Waals surface area (Å²) in [6.07, 6.45) is -5.06. The number of alkyl halides is 4. The Hall–Kier alpha value is -2.26. The predicted octanol–water partition coefficient (Wildman–Crippen LogP) is 5.38. The van der Waals surface area contributed by atoms with Gasteiger partial charge in [0.25, 0.3) is 0 Å². The number of benzene rings is 1. The van der Waals surface area contributed by atoms with Crippen LogP contribution in [0.1, 0.15) is 12.1 Å². The summed E-state index contributed by atoms with van der Waals surface area (Å²) in [6.45, 7) is 1.65. The molecule has 0 N–H and O–H groups in total. The van der Waals surface area contributed by atoms with Crippen molar-refractivity contribution in [1.82, 2.24) is 14.5 Å². The summed E-state index contributed by atoms with van der Waals surface area (Å²) in [5.74, 6) is 0. The Morgan fingerprint density at radius 3 is 2.76 bits per heavy atom. The van der Waals surface area contributed by atoms with Crippen LogP contribution in [0.5, 0.6) is 0 Å². The molecule has 4 rings (SSSR count). The Morgan fingerprint density at radius 2 is 2.10 bits per heavy atom. The molecule has 0 spiro atoms. The Labute approximate surface area is 169 Å². The van der Waals surface area contributed by atoms with Crippen LogP contribution in [0.3, 0.4) is 0 Å². The van der Waals surface area contributed by atoms with Gasteiger partial charge >= 0.3 is 6.18 Å². The summed E-state index contributed by atoms with van der Waals surface area (Å²) in [7, 11) is 1.85. The lowest BCUT2D eigenvalue weighted by molar-refractivity contribution is -0.139. The number of likely N-dealkylation sites (tertiary alicyclic amines) is 1. The quantitative estimate of drug-likeness (QED) is 0.529. The summed E-state index contributed by atoms with van der Waals surface area (Å²) in [6, 6.07) is 6.69.